The van der Waals surface area contributed by atoms with E-state index in [1.807, 2.05) is 37.3 Å². The third-order valence-corrected chi connectivity index (χ3v) is 5.49. The predicted octanol–water partition coefficient (Wildman–Crippen LogP) is 3.40. The van der Waals surface area contributed by atoms with E-state index in [0.717, 1.165) is 11.1 Å². The molecular formula is C25H26N4O4. The highest BCUT2D eigenvalue weighted by atomic mass is 16.5. The molecule has 4 rings (SSSR count). The number of benzene rings is 2. The van der Waals surface area contributed by atoms with E-state index in [-0.39, 0.29) is 18.9 Å². The van der Waals surface area contributed by atoms with Crippen LogP contribution < -0.4 is 10.5 Å². The van der Waals surface area contributed by atoms with Gasteiger partial charge in [0, 0.05) is 12.7 Å². The molecule has 8 heteroatoms. The van der Waals surface area contributed by atoms with Crippen LogP contribution in [-0.4, -0.2) is 45.9 Å². The van der Waals surface area contributed by atoms with Gasteiger partial charge in [0.15, 0.2) is 0 Å². The maximum Gasteiger partial charge on any atom is 0.338 e. The van der Waals surface area contributed by atoms with Gasteiger partial charge in [-0.2, -0.15) is 0 Å². The van der Waals surface area contributed by atoms with Crippen LogP contribution in [0.3, 0.4) is 0 Å². The van der Waals surface area contributed by atoms with E-state index < -0.39 is 5.97 Å². The normalized spacial score (nSPS) is 11.0. The van der Waals surface area contributed by atoms with Gasteiger partial charge in [0.05, 0.1) is 28.9 Å². The number of fused-ring (bicyclic) bond motifs is 1. The van der Waals surface area contributed by atoms with E-state index in [1.54, 1.807) is 36.2 Å². The van der Waals surface area contributed by atoms with Crippen LogP contribution in [0.4, 0.5) is 5.69 Å². The number of anilines is 1. The highest BCUT2D eigenvalue weighted by molar-refractivity contribution is 5.95. The van der Waals surface area contributed by atoms with Crippen LogP contribution in [0.25, 0.3) is 22.4 Å². The summed E-state index contributed by atoms with van der Waals surface area (Å²) >= 11 is 0. The predicted molar refractivity (Wildman–Crippen MR) is 127 cm³/mol. The Kier molecular flexibility index (Phi) is 6.55. The summed E-state index contributed by atoms with van der Waals surface area (Å²) in [6.07, 6.45) is 2.26. The monoisotopic (exact) mass is 446 g/mol. The minimum absolute atomic E-state index is 0.254. The number of carbonyl (C=O) groups is 1. The van der Waals surface area contributed by atoms with E-state index in [9.17, 15) is 14.7 Å². The molecule has 0 bridgehead atoms. The molecule has 170 valence electrons. The molecule has 0 atom stereocenters. The standard InChI is InChI=1S/C25H26N4O4/c1-3-33-25(32)18-13-16(2)22-19(14-18)27-23(28-22)21-20(9-11-26-24(21)31)29(15-30)12-10-17-7-5-4-6-8-17/h4-9,11,13-14,30H,3,10,12,15H2,1-2H3,(H,26,31)(H,27,28). The Morgan fingerprint density at radius 1 is 1.18 bits per heavy atom. The van der Waals surface area contributed by atoms with Crippen LogP contribution in [0.15, 0.2) is 59.5 Å². The average Bonchev–Trinajstić information content (AvgIpc) is 3.25. The zero-order valence-electron chi connectivity index (χ0n) is 18.6. The maximum atomic E-state index is 12.9. The second-order valence-corrected chi connectivity index (χ2v) is 7.70. The molecular weight excluding hydrogens is 420 g/mol. The van der Waals surface area contributed by atoms with Crippen molar-refractivity contribution in [2.45, 2.75) is 20.3 Å². The van der Waals surface area contributed by atoms with E-state index in [0.29, 0.717) is 46.6 Å². The number of rotatable bonds is 8. The summed E-state index contributed by atoms with van der Waals surface area (Å²) in [6, 6.07) is 15.1. The quantitative estimate of drug-likeness (QED) is 0.283. The number of nitrogens with zero attached hydrogens (tertiary/aromatic N) is 2. The van der Waals surface area contributed by atoms with Crippen molar-refractivity contribution in [2.75, 3.05) is 24.8 Å². The van der Waals surface area contributed by atoms with Crippen molar-refractivity contribution in [3.8, 4) is 11.4 Å². The number of aliphatic hydroxyl groups excluding tert-OH is 1. The number of aromatic nitrogens is 3. The molecule has 0 aliphatic carbocycles. The van der Waals surface area contributed by atoms with Crippen LogP contribution in [0, 0.1) is 6.92 Å². The number of hydrogen-bond acceptors (Lipinski definition) is 6. The molecule has 2 heterocycles. The number of esters is 1. The minimum Gasteiger partial charge on any atom is -0.462 e. The van der Waals surface area contributed by atoms with Gasteiger partial charge in [0.25, 0.3) is 5.56 Å². The van der Waals surface area contributed by atoms with Crippen molar-refractivity contribution in [3.63, 3.8) is 0 Å². The molecule has 0 saturated carbocycles. The summed E-state index contributed by atoms with van der Waals surface area (Å²) in [6.45, 7) is 4.16. The fourth-order valence-electron chi connectivity index (χ4n) is 3.88. The summed E-state index contributed by atoms with van der Waals surface area (Å²) in [4.78, 5) is 37.3. The molecule has 0 aliphatic rings. The van der Waals surface area contributed by atoms with Gasteiger partial charge >= 0.3 is 5.97 Å². The number of ether oxygens (including phenoxy) is 1. The SMILES string of the molecule is CCOC(=O)c1cc(C)c2nc(-c3c(N(CO)CCc4ccccc4)cc[nH]c3=O)[nH]c2c1. The number of pyridine rings is 1. The van der Waals surface area contributed by atoms with Gasteiger partial charge in [-0.1, -0.05) is 30.3 Å². The Labute approximate surface area is 190 Å². The van der Waals surface area contributed by atoms with Crippen molar-refractivity contribution >= 4 is 22.7 Å². The molecule has 33 heavy (non-hydrogen) atoms. The van der Waals surface area contributed by atoms with Gasteiger partial charge in [-0.25, -0.2) is 9.78 Å². The average molecular weight is 447 g/mol. The van der Waals surface area contributed by atoms with Crippen molar-refractivity contribution in [3.05, 3.63) is 81.8 Å². The Balaban J connectivity index is 1.74. The molecule has 0 spiro atoms. The molecule has 0 fully saturated rings. The zero-order chi connectivity index (χ0) is 23.4. The molecule has 0 aliphatic heterocycles. The van der Waals surface area contributed by atoms with Gasteiger partial charge < -0.3 is 24.7 Å². The van der Waals surface area contributed by atoms with Crippen LogP contribution in [0.5, 0.6) is 0 Å². The second kappa shape index (κ2) is 9.70. The summed E-state index contributed by atoms with van der Waals surface area (Å²) in [5.74, 6) is -0.0478. The molecule has 0 amide bonds. The van der Waals surface area contributed by atoms with Crippen molar-refractivity contribution in [1.82, 2.24) is 15.0 Å². The van der Waals surface area contributed by atoms with Crippen LogP contribution >= 0.6 is 0 Å². The molecule has 0 radical (unpaired) electrons. The summed E-state index contributed by atoms with van der Waals surface area (Å²) < 4.78 is 5.11. The first-order valence-electron chi connectivity index (χ1n) is 10.8. The number of nitrogens with one attached hydrogen (secondary N) is 2. The minimum atomic E-state index is -0.413. The van der Waals surface area contributed by atoms with Gasteiger partial charge in [-0.05, 0) is 49.6 Å². The number of aromatic amines is 2. The maximum absolute atomic E-state index is 12.9. The Bertz CT molecular complexity index is 1330. The van der Waals surface area contributed by atoms with Gasteiger partial charge in [0.2, 0.25) is 0 Å². The summed E-state index contributed by atoms with van der Waals surface area (Å²) in [5.41, 5.74) is 4.19. The number of imidazole rings is 1. The smallest absolute Gasteiger partial charge is 0.338 e. The molecule has 0 unspecified atom stereocenters. The second-order valence-electron chi connectivity index (χ2n) is 7.70. The number of aliphatic hydroxyl groups is 1. The highest BCUT2D eigenvalue weighted by Gasteiger charge is 2.20. The largest absolute Gasteiger partial charge is 0.462 e. The van der Waals surface area contributed by atoms with Gasteiger partial charge in [0.1, 0.15) is 18.1 Å². The summed E-state index contributed by atoms with van der Waals surface area (Å²) in [7, 11) is 0. The lowest BCUT2D eigenvalue weighted by molar-refractivity contribution is 0.0526. The van der Waals surface area contributed by atoms with Gasteiger partial charge in [-0.15, -0.1) is 0 Å². The molecule has 3 N–H and O–H groups in total. The Morgan fingerprint density at radius 3 is 2.70 bits per heavy atom. The third-order valence-electron chi connectivity index (χ3n) is 5.49. The number of carbonyl (C=O) groups excluding carboxylic acids is 1. The van der Waals surface area contributed by atoms with E-state index in [1.165, 1.54) is 0 Å². The fraction of sp³-hybridized carbons (Fsp3) is 0.240. The lowest BCUT2D eigenvalue weighted by Crippen LogP contribution is -2.29. The number of hydrogen-bond donors (Lipinski definition) is 3. The number of aryl methyl sites for hydroxylation is 1. The first-order chi connectivity index (χ1) is 16.0. The number of H-pyrrole nitrogens is 2. The zero-order valence-corrected chi connectivity index (χ0v) is 18.6. The lowest BCUT2D eigenvalue weighted by atomic mass is 10.1. The highest BCUT2D eigenvalue weighted by Crippen LogP contribution is 2.29. The molecule has 2 aromatic carbocycles. The third kappa shape index (κ3) is 4.65. The van der Waals surface area contributed by atoms with Crippen molar-refractivity contribution in [2.24, 2.45) is 0 Å². The van der Waals surface area contributed by atoms with Gasteiger partial charge in [-0.3, -0.25) is 4.79 Å². The van der Waals surface area contributed by atoms with Crippen LogP contribution in [0.2, 0.25) is 0 Å². The van der Waals surface area contributed by atoms with Crippen LogP contribution in [-0.2, 0) is 11.2 Å². The molecule has 8 nitrogen and oxygen atoms in total. The lowest BCUT2D eigenvalue weighted by Gasteiger charge is -2.23. The molecule has 2 aromatic heterocycles. The molecule has 0 saturated heterocycles. The fourth-order valence-corrected chi connectivity index (χ4v) is 3.88. The van der Waals surface area contributed by atoms with Crippen LogP contribution in [0.1, 0.15) is 28.4 Å². The first-order valence-corrected chi connectivity index (χ1v) is 10.8. The van der Waals surface area contributed by atoms with Crippen molar-refractivity contribution < 1.29 is 14.6 Å². The topological polar surface area (TPSA) is 111 Å². The van der Waals surface area contributed by atoms with E-state index in [4.69, 9.17) is 4.74 Å². The van der Waals surface area contributed by atoms with Crippen molar-refractivity contribution in [1.29, 1.82) is 0 Å². The Morgan fingerprint density at radius 2 is 1.97 bits per heavy atom. The van der Waals surface area contributed by atoms with E-state index in [2.05, 4.69) is 15.0 Å². The van der Waals surface area contributed by atoms with E-state index >= 15 is 0 Å². The Hall–Kier alpha value is -3.91. The first kappa shape index (κ1) is 22.3. The summed E-state index contributed by atoms with van der Waals surface area (Å²) in [5, 5.41) is 10.1. The molecule has 4 aromatic rings.